The van der Waals surface area contributed by atoms with Crippen molar-refractivity contribution in [3.8, 4) is 11.5 Å². The van der Waals surface area contributed by atoms with Crippen LogP contribution < -0.4 is 9.47 Å². The second-order valence-electron chi connectivity index (χ2n) is 7.92. The van der Waals surface area contributed by atoms with E-state index in [4.69, 9.17) is 23.7 Å². The maximum atomic E-state index is 5.75. The SMILES string of the molecule is CCCCOCCOCCOCc1cc2c(cc1CCC)OCO2.CC[CH2][AlH][CH2]CC. The summed E-state index contributed by atoms with van der Waals surface area (Å²) < 4.78 is 27.6. The van der Waals surface area contributed by atoms with Crippen molar-refractivity contribution in [1.82, 2.24) is 0 Å². The molecule has 6 heteroatoms. The molecule has 0 aromatic heterocycles. The molecule has 178 valence electrons. The number of unbranched alkanes of at least 4 members (excludes halogenated alkanes) is 1. The molecule has 2 rings (SSSR count). The van der Waals surface area contributed by atoms with Crippen molar-refractivity contribution >= 4 is 15.2 Å². The summed E-state index contributed by atoms with van der Waals surface area (Å²) in [6.07, 6.45) is 7.22. The highest BCUT2D eigenvalue weighted by atomic mass is 27.1. The van der Waals surface area contributed by atoms with Crippen LogP contribution in [0.1, 0.15) is 70.9 Å². The molecule has 0 aliphatic carbocycles. The van der Waals surface area contributed by atoms with E-state index >= 15 is 0 Å². The first-order valence-electron chi connectivity index (χ1n) is 12.4. The van der Waals surface area contributed by atoms with Crippen molar-refractivity contribution in [2.75, 3.05) is 39.8 Å². The van der Waals surface area contributed by atoms with Crippen LogP contribution in [-0.4, -0.2) is 55.0 Å². The molecule has 1 heterocycles. The normalized spacial score (nSPS) is 11.9. The van der Waals surface area contributed by atoms with E-state index in [0.29, 0.717) is 55.0 Å². The monoisotopic (exact) mass is 452 g/mol. The number of hydrogen-bond donors (Lipinski definition) is 0. The second-order valence-corrected chi connectivity index (χ2v) is 10.0. The molecule has 0 spiro atoms. The summed E-state index contributed by atoms with van der Waals surface area (Å²) in [4.78, 5) is 0. The minimum atomic E-state index is 0.305. The van der Waals surface area contributed by atoms with Crippen molar-refractivity contribution in [2.45, 2.75) is 83.4 Å². The van der Waals surface area contributed by atoms with Gasteiger partial charge in [0.1, 0.15) is 0 Å². The number of ether oxygens (including phenoxy) is 5. The molecule has 1 aromatic carbocycles. The molecule has 5 nitrogen and oxygen atoms in total. The van der Waals surface area contributed by atoms with Crippen LogP contribution in [0, 0.1) is 0 Å². The lowest BCUT2D eigenvalue weighted by atomic mass is 10.0. The lowest BCUT2D eigenvalue weighted by Gasteiger charge is -2.11. The molecule has 1 aromatic rings. The first kappa shape index (κ1) is 28.3. The van der Waals surface area contributed by atoms with Gasteiger partial charge in [0, 0.05) is 6.61 Å². The van der Waals surface area contributed by atoms with Gasteiger partial charge in [-0.15, -0.1) is 0 Å². The third-order valence-corrected chi connectivity index (χ3v) is 7.48. The summed E-state index contributed by atoms with van der Waals surface area (Å²) in [5, 5.41) is 3.13. The summed E-state index contributed by atoms with van der Waals surface area (Å²) in [6, 6.07) is 4.12. The van der Waals surface area contributed by atoms with E-state index in [2.05, 4.69) is 33.8 Å². The first-order valence-corrected chi connectivity index (χ1v) is 14.4. The van der Waals surface area contributed by atoms with E-state index in [9.17, 15) is 0 Å². The Balaban J connectivity index is 0.000000592. The lowest BCUT2D eigenvalue weighted by Crippen LogP contribution is -2.10. The zero-order valence-corrected chi connectivity index (χ0v) is 21.9. The Hall–Kier alpha value is -0.768. The molecule has 0 radical (unpaired) electrons. The highest BCUT2D eigenvalue weighted by Crippen LogP contribution is 2.35. The van der Waals surface area contributed by atoms with Gasteiger partial charge in [0.25, 0.3) is 0 Å². The predicted octanol–water partition coefficient (Wildman–Crippen LogP) is 5.80. The largest absolute Gasteiger partial charge is 0.454 e. The molecule has 0 saturated heterocycles. The summed E-state index contributed by atoms with van der Waals surface area (Å²) in [7, 11) is 0. The minimum absolute atomic E-state index is 0.305. The topological polar surface area (TPSA) is 46.2 Å². The summed E-state index contributed by atoms with van der Waals surface area (Å²) in [6.45, 7) is 13.0. The molecule has 0 atom stereocenters. The third kappa shape index (κ3) is 13.4. The van der Waals surface area contributed by atoms with Crippen molar-refractivity contribution in [1.29, 1.82) is 0 Å². The van der Waals surface area contributed by atoms with Crippen LogP contribution in [0.4, 0.5) is 0 Å². The van der Waals surface area contributed by atoms with E-state index in [1.54, 1.807) is 10.6 Å². The summed E-state index contributed by atoms with van der Waals surface area (Å²) in [5.74, 6) is 1.66. The molecular formula is C25H45AlO5. The van der Waals surface area contributed by atoms with Gasteiger partial charge in [-0.3, -0.25) is 0 Å². The second kappa shape index (κ2) is 19.9. The van der Waals surface area contributed by atoms with Crippen LogP contribution in [0.25, 0.3) is 0 Å². The number of benzene rings is 1. The quantitative estimate of drug-likeness (QED) is 0.221. The molecule has 0 saturated carbocycles. The van der Waals surface area contributed by atoms with Gasteiger partial charge in [-0.05, 0) is 36.1 Å². The van der Waals surface area contributed by atoms with E-state index in [0.717, 1.165) is 43.8 Å². The molecule has 0 N–H and O–H groups in total. The lowest BCUT2D eigenvalue weighted by molar-refractivity contribution is 0.0101. The number of aryl methyl sites for hydroxylation is 1. The van der Waals surface area contributed by atoms with Gasteiger partial charge in [0.05, 0.1) is 33.0 Å². The van der Waals surface area contributed by atoms with Gasteiger partial charge in [-0.2, -0.15) is 0 Å². The van der Waals surface area contributed by atoms with Gasteiger partial charge in [0.15, 0.2) is 11.5 Å². The fourth-order valence-electron chi connectivity index (χ4n) is 3.21. The van der Waals surface area contributed by atoms with Crippen LogP contribution >= 0.6 is 0 Å². The fraction of sp³-hybridized carbons (Fsp3) is 0.760. The van der Waals surface area contributed by atoms with E-state index in [1.807, 2.05) is 6.07 Å². The first-order chi connectivity index (χ1) is 15.3. The molecule has 0 fully saturated rings. The van der Waals surface area contributed by atoms with Crippen LogP contribution in [0.3, 0.4) is 0 Å². The van der Waals surface area contributed by atoms with E-state index in [1.165, 1.54) is 24.0 Å². The van der Waals surface area contributed by atoms with Gasteiger partial charge < -0.3 is 23.7 Å². The van der Waals surface area contributed by atoms with Crippen LogP contribution in [0.2, 0.25) is 10.6 Å². The minimum Gasteiger partial charge on any atom is -0.454 e. The Morgan fingerprint density at radius 3 is 1.87 bits per heavy atom. The molecule has 0 unspecified atom stereocenters. The molecule has 1 aliphatic rings. The number of fused-ring (bicyclic) bond motifs is 1. The number of hydrogen-bond acceptors (Lipinski definition) is 5. The maximum Gasteiger partial charge on any atom is 0.236 e. The summed E-state index contributed by atoms with van der Waals surface area (Å²) in [5.41, 5.74) is 2.44. The number of rotatable bonds is 17. The van der Waals surface area contributed by atoms with Gasteiger partial charge in [-0.1, -0.05) is 63.9 Å². The van der Waals surface area contributed by atoms with Crippen molar-refractivity contribution in [3.05, 3.63) is 23.3 Å². The molecule has 31 heavy (non-hydrogen) atoms. The van der Waals surface area contributed by atoms with Crippen molar-refractivity contribution < 1.29 is 23.7 Å². The van der Waals surface area contributed by atoms with Crippen molar-refractivity contribution in [2.24, 2.45) is 0 Å². The van der Waals surface area contributed by atoms with Crippen LogP contribution in [-0.2, 0) is 27.2 Å². The average Bonchev–Trinajstić information content (AvgIpc) is 3.23. The van der Waals surface area contributed by atoms with Gasteiger partial charge >= 0.3 is 0 Å². The Morgan fingerprint density at radius 2 is 1.29 bits per heavy atom. The maximum absolute atomic E-state index is 5.75. The van der Waals surface area contributed by atoms with Gasteiger partial charge in [-0.25, -0.2) is 0 Å². The summed E-state index contributed by atoms with van der Waals surface area (Å²) >= 11 is 0.411. The zero-order chi connectivity index (χ0) is 22.6. The Morgan fingerprint density at radius 1 is 0.710 bits per heavy atom. The van der Waals surface area contributed by atoms with Gasteiger partial charge in [0.2, 0.25) is 22.0 Å². The molecule has 0 amide bonds. The molecule has 1 aliphatic heterocycles. The fourth-order valence-corrected chi connectivity index (χ4v) is 4.56. The molecule has 0 bridgehead atoms. The zero-order valence-electron chi connectivity index (χ0n) is 20.5. The predicted molar refractivity (Wildman–Crippen MR) is 130 cm³/mol. The van der Waals surface area contributed by atoms with Crippen LogP contribution in [0.15, 0.2) is 12.1 Å². The third-order valence-electron chi connectivity index (χ3n) is 5.07. The smallest absolute Gasteiger partial charge is 0.236 e. The Kier molecular flexibility index (Phi) is 18.1. The Labute approximate surface area is 196 Å². The Bertz CT molecular complexity index is 549. The van der Waals surface area contributed by atoms with Crippen molar-refractivity contribution in [3.63, 3.8) is 0 Å². The van der Waals surface area contributed by atoms with E-state index in [-0.39, 0.29) is 0 Å². The molecular weight excluding hydrogens is 407 g/mol. The standard InChI is InChI=1S/C19H30O5.2C3H7.Al.H/c1-3-5-7-20-8-9-21-10-11-22-14-17-13-19-18(23-15-24-19)12-16(17)6-4-2;2*1-3-2;;/h12-13H,3-11,14-15H2,1-2H3;2*1,3H2,2H3;;. The highest BCUT2D eigenvalue weighted by Gasteiger charge is 2.16. The van der Waals surface area contributed by atoms with Crippen LogP contribution in [0.5, 0.6) is 11.5 Å². The van der Waals surface area contributed by atoms with E-state index < -0.39 is 0 Å². The highest BCUT2D eigenvalue weighted by molar-refractivity contribution is 6.35. The average molecular weight is 453 g/mol.